The number of amides is 1. The van der Waals surface area contributed by atoms with Crippen LogP contribution in [0.2, 0.25) is 0 Å². The number of oxazole rings is 1. The standard InChI is InChI=1S/C8H12N2O2/c1-8(2,3)10-6(11)7-9-4-5-12-7/h4-5H,1-3H3,(H,10,11). The van der Waals surface area contributed by atoms with Gasteiger partial charge >= 0.3 is 5.91 Å². The summed E-state index contributed by atoms with van der Waals surface area (Å²) >= 11 is 0. The number of hydrogen-bond donors (Lipinski definition) is 1. The molecule has 0 aliphatic heterocycles. The molecule has 0 atom stereocenters. The van der Waals surface area contributed by atoms with Crippen molar-refractivity contribution in [3.8, 4) is 0 Å². The fourth-order valence-corrected chi connectivity index (χ4v) is 0.730. The summed E-state index contributed by atoms with van der Waals surface area (Å²) in [5.74, 6) is -0.183. The Labute approximate surface area is 71.0 Å². The first-order valence-corrected chi connectivity index (χ1v) is 3.71. The van der Waals surface area contributed by atoms with Crippen LogP contribution in [0.25, 0.3) is 0 Å². The van der Waals surface area contributed by atoms with Crippen molar-refractivity contribution in [2.45, 2.75) is 26.3 Å². The Hall–Kier alpha value is -1.32. The van der Waals surface area contributed by atoms with Gasteiger partial charge in [0, 0.05) is 5.54 Å². The number of aromatic nitrogens is 1. The van der Waals surface area contributed by atoms with E-state index in [4.69, 9.17) is 4.42 Å². The number of rotatable bonds is 1. The SMILES string of the molecule is CC(C)(C)NC(=O)c1ncco1. The van der Waals surface area contributed by atoms with Crippen LogP contribution in [0.3, 0.4) is 0 Å². The van der Waals surface area contributed by atoms with Gasteiger partial charge in [-0.05, 0) is 20.8 Å². The van der Waals surface area contributed by atoms with Crippen LogP contribution in [0.1, 0.15) is 31.5 Å². The van der Waals surface area contributed by atoms with E-state index in [2.05, 4.69) is 10.3 Å². The lowest BCUT2D eigenvalue weighted by molar-refractivity contribution is 0.0884. The highest BCUT2D eigenvalue weighted by Gasteiger charge is 2.17. The predicted octanol–water partition coefficient (Wildman–Crippen LogP) is 1.20. The molecule has 1 heterocycles. The van der Waals surface area contributed by atoms with E-state index in [1.807, 2.05) is 20.8 Å². The first kappa shape index (κ1) is 8.77. The summed E-state index contributed by atoms with van der Waals surface area (Å²) in [5, 5.41) is 2.73. The molecule has 4 heteroatoms. The monoisotopic (exact) mass is 168 g/mol. The van der Waals surface area contributed by atoms with E-state index in [0.29, 0.717) is 0 Å². The van der Waals surface area contributed by atoms with E-state index >= 15 is 0 Å². The largest absolute Gasteiger partial charge is 0.441 e. The number of nitrogens with one attached hydrogen (secondary N) is 1. The molecule has 12 heavy (non-hydrogen) atoms. The molecule has 0 saturated carbocycles. The zero-order chi connectivity index (χ0) is 9.19. The van der Waals surface area contributed by atoms with E-state index in [1.54, 1.807) is 0 Å². The van der Waals surface area contributed by atoms with Crippen molar-refractivity contribution in [3.63, 3.8) is 0 Å². The van der Waals surface area contributed by atoms with E-state index in [-0.39, 0.29) is 17.3 Å². The van der Waals surface area contributed by atoms with Gasteiger partial charge in [-0.2, -0.15) is 0 Å². The highest BCUT2D eigenvalue weighted by Crippen LogP contribution is 2.01. The number of carbonyl (C=O) groups is 1. The Morgan fingerprint density at radius 3 is 2.67 bits per heavy atom. The fraction of sp³-hybridized carbons (Fsp3) is 0.500. The Balaban J connectivity index is 2.63. The summed E-state index contributed by atoms with van der Waals surface area (Å²) in [5.41, 5.74) is -0.258. The summed E-state index contributed by atoms with van der Waals surface area (Å²) in [6, 6.07) is 0. The molecule has 0 aliphatic carbocycles. The van der Waals surface area contributed by atoms with Gasteiger partial charge in [-0.3, -0.25) is 4.79 Å². The quantitative estimate of drug-likeness (QED) is 0.685. The third-order valence-electron chi connectivity index (χ3n) is 1.12. The van der Waals surface area contributed by atoms with Crippen LogP contribution in [0.4, 0.5) is 0 Å². The highest BCUT2D eigenvalue weighted by molar-refractivity contribution is 5.89. The minimum Gasteiger partial charge on any atom is -0.441 e. The molecule has 0 fully saturated rings. The van der Waals surface area contributed by atoms with E-state index in [0.717, 1.165) is 0 Å². The first-order chi connectivity index (χ1) is 5.49. The van der Waals surface area contributed by atoms with Gasteiger partial charge in [0.05, 0.1) is 6.20 Å². The third kappa shape index (κ3) is 2.38. The van der Waals surface area contributed by atoms with Crippen molar-refractivity contribution in [1.29, 1.82) is 0 Å². The number of hydrogen-bond acceptors (Lipinski definition) is 3. The second kappa shape index (κ2) is 2.97. The lowest BCUT2D eigenvalue weighted by atomic mass is 10.1. The van der Waals surface area contributed by atoms with Gasteiger partial charge in [0.2, 0.25) is 0 Å². The van der Waals surface area contributed by atoms with Crippen LogP contribution < -0.4 is 5.32 Å². The molecule has 4 nitrogen and oxygen atoms in total. The number of carbonyl (C=O) groups excluding carboxylic acids is 1. The number of nitrogens with zero attached hydrogens (tertiary/aromatic N) is 1. The maximum absolute atomic E-state index is 11.3. The smallest absolute Gasteiger partial charge is 0.307 e. The van der Waals surface area contributed by atoms with Gasteiger partial charge in [-0.25, -0.2) is 4.98 Å². The van der Waals surface area contributed by atoms with Crippen LogP contribution in [-0.2, 0) is 0 Å². The van der Waals surface area contributed by atoms with E-state index < -0.39 is 0 Å². The van der Waals surface area contributed by atoms with Gasteiger partial charge in [0.1, 0.15) is 6.26 Å². The first-order valence-electron chi connectivity index (χ1n) is 3.71. The normalized spacial score (nSPS) is 11.2. The molecule has 66 valence electrons. The van der Waals surface area contributed by atoms with Crippen LogP contribution in [0.5, 0.6) is 0 Å². The molecular formula is C8H12N2O2. The third-order valence-corrected chi connectivity index (χ3v) is 1.12. The average molecular weight is 168 g/mol. The summed E-state index contributed by atoms with van der Waals surface area (Å²) in [6.45, 7) is 5.69. The molecule has 0 bridgehead atoms. The second-order valence-corrected chi connectivity index (χ2v) is 3.54. The molecule has 0 radical (unpaired) electrons. The average Bonchev–Trinajstić information content (AvgIpc) is 2.32. The summed E-state index contributed by atoms with van der Waals surface area (Å²) < 4.78 is 4.82. The molecule has 0 unspecified atom stereocenters. The van der Waals surface area contributed by atoms with Crippen molar-refractivity contribution in [2.24, 2.45) is 0 Å². The van der Waals surface area contributed by atoms with Crippen molar-refractivity contribution in [1.82, 2.24) is 10.3 Å². The molecule has 0 spiro atoms. The Kier molecular flexibility index (Phi) is 2.17. The van der Waals surface area contributed by atoms with E-state index in [1.165, 1.54) is 12.5 Å². The zero-order valence-electron chi connectivity index (χ0n) is 7.42. The molecule has 0 aliphatic rings. The molecule has 1 aromatic heterocycles. The topological polar surface area (TPSA) is 55.1 Å². The predicted molar refractivity (Wildman–Crippen MR) is 43.7 cm³/mol. The van der Waals surface area contributed by atoms with Gasteiger partial charge in [0.15, 0.2) is 0 Å². The van der Waals surface area contributed by atoms with Gasteiger partial charge in [-0.1, -0.05) is 0 Å². The second-order valence-electron chi connectivity index (χ2n) is 3.54. The van der Waals surface area contributed by atoms with Gasteiger partial charge in [0.25, 0.3) is 5.89 Å². The molecule has 1 aromatic rings. The molecule has 1 amide bonds. The van der Waals surface area contributed by atoms with Gasteiger partial charge in [-0.15, -0.1) is 0 Å². The Morgan fingerprint density at radius 2 is 2.25 bits per heavy atom. The summed E-state index contributed by atoms with van der Waals surface area (Å²) in [7, 11) is 0. The van der Waals surface area contributed by atoms with E-state index in [9.17, 15) is 4.79 Å². The Bertz CT molecular complexity index is 259. The summed E-state index contributed by atoms with van der Waals surface area (Å²) in [6.07, 6.45) is 2.81. The Morgan fingerprint density at radius 1 is 1.58 bits per heavy atom. The van der Waals surface area contributed by atoms with Crippen molar-refractivity contribution >= 4 is 5.91 Å². The van der Waals surface area contributed by atoms with Gasteiger partial charge < -0.3 is 9.73 Å². The van der Waals surface area contributed by atoms with Crippen molar-refractivity contribution < 1.29 is 9.21 Å². The minimum atomic E-state index is -0.285. The van der Waals surface area contributed by atoms with Crippen molar-refractivity contribution in [3.05, 3.63) is 18.4 Å². The van der Waals surface area contributed by atoms with Crippen molar-refractivity contribution in [2.75, 3.05) is 0 Å². The van der Waals surface area contributed by atoms with Crippen LogP contribution in [0, 0.1) is 0 Å². The van der Waals surface area contributed by atoms with Crippen LogP contribution in [0.15, 0.2) is 16.9 Å². The maximum atomic E-state index is 11.3. The van der Waals surface area contributed by atoms with Crippen LogP contribution >= 0.6 is 0 Å². The minimum absolute atomic E-state index is 0.102. The fourth-order valence-electron chi connectivity index (χ4n) is 0.730. The summed E-state index contributed by atoms with van der Waals surface area (Å²) in [4.78, 5) is 15.0. The molecule has 1 rings (SSSR count). The molecule has 0 aromatic carbocycles. The molecule has 0 saturated heterocycles. The van der Waals surface area contributed by atoms with Crippen LogP contribution in [-0.4, -0.2) is 16.4 Å². The molecule has 1 N–H and O–H groups in total. The zero-order valence-corrected chi connectivity index (χ0v) is 7.42. The lowest BCUT2D eigenvalue weighted by Gasteiger charge is -2.18. The highest BCUT2D eigenvalue weighted by atomic mass is 16.3. The maximum Gasteiger partial charge on any atom is 0.307 e. The molecular weight excluding hydrogens is 156 g/mol. The lowest BCUT2D eigenvalue weighted by Crippen LogP contribution is -2.40.